The lowest BCUT2D eigenvalue weighted by Gasteiger charge is -2.31. The minimum absolute atomic E-state index is 0.347. The molecule has 1 fully saturated rings. The van der Waals surface area contributed by atoms with E-state index in [0.29, 0.717) is 0 Å². The molecule has 0 aromatic rings. The summed E-state index contributed by atoms with van der Waals surface area (Å²) in [6, 6.07) is 2.40. The van der Waals surface area contributed by atoms with Crippen LogP contribution in [0.1, 0.15) is 46.0 Å². The summed E-state index contributed by atoms with van der Waals surface area (Å²) in [5.41, 5.74) is -0.347. The molecule has 1 saturated heterocycles. The molecule has 1 atom stereocenters. The van der Waals surface area contributed by atoms with Crippen molar-refractivity contribution in [1.82, 2.24) is 10.2 Å². The predicted molar refractivity (Wildman–Crippen MR) is 82.6 cm³/mol. The second kappa shape index (κ2) is 9.33. The van der Waals surface area contributed by atoms with Crippen molar-refractivity contribution in [2.45, 2.75) is 51.5 Å². The maximum atomic E-state index is 9.21. The number of nitrogens with one attached hydrogen (secondary N) is 1. The Kier molecular flexibility index (Phi) is 8.13. The summed E-state index contributed by atoms with van der Waals surface area (Å²) in [4.78, 5) is 2.56. The van der Waals surface area contributed by atoms with Gasteiger partial charge in [-0.05, 0) is 71.1 Å². The van der Waals surface area contributed by atoms with Gasteiger partial charge in [-0.3, -0.25) is 5.32 Å². The zero-order valence-corrected chi connectivity index (χ0v) is 13.5. The highest BCUT2D eigenvalue weighted by Gasteiger charge is 2.22. The molecular formula is C16H31N3O. The highest BCUT2D eigenvalue weighted by atomic mass is 16.5. The van der Waals surface area contributed by atoms with Crippen molar-refractivity contribution in [2.75, 3.05) is 39.9 Å². The monoisotopic (exact) mass is 281 g/mol. The number of methoxy groups -OCH3 is 1. The first-order valence-corrected chi connectivity index (χ1v) is 8.01. The number of rotatable bonds is 9. The van der Waals surface area contributed by atoms with Crippen molar-refractivity contribution < 1.29 is 4.74 Å². The number of ether oxygens (including phenoxy) is 1. The van der Waals surface area contributed by atoms with Crippen LogP contribution in [0.4, 0.5) is 0 Å². The topological polar surface area (TPSA) is 48.3 Å². The molecule has 1 heterocycles. The number of nitriles is 1. The van der Waals surface area contributed by atoms with Gasteiger partial charge < -0.3 is 9.64 Å². The van der Waals surface area contributed by atoms with E-state index in [0.717, 1.165) is 31.9 Å². The molecule has 0 aromatic carbocycles. The van der Waals surface area contributed by atoms with E-state index in [9.17, 15) is 5.26 Å². The molecule has 1 aliphatic rings. The summed E-state index contributed by atoms with van der Waals surface area (Å²) < 4.78 is 5.23. The molecule has 1 N–H and O–H groups in total. The van der Waals surface area contributed by atoms with Gasteiger partial charge in [0.1, 0.15) is 5.54 Å². The fraction of sp³-hybridized carbons (Fsp3) is 0.938. The molecule has 1 rings (SSSR count). The Bertz CT molecular complexity index is 295. The van der Waals surface area contributed by atoms with E-state index in [-0.39, 0.29) is 5.54 Å². The highest BCUT2D eigenvalue weighted by molar-refractivity contribution is 5.03. The van der Waals surface area contributed by atoms with Crippen LogP contribution in [-0.2, 0) is 4.74 Å². The van der Waals surface area contributed by atoms with Crippen LogP contribution in [0, 0.1) is 17.2 Å². The lowest BCUT2D eigenvalue weighted by molar-refractivity contribution is 0.0986. The molecule has 1 unspecified atom stereocenters. The minimum Gasteiger partial charge on any atom is -0.384 e. The van der Waals surface area contributed by atoms with Gasteiger partial charge in [-0.1, -0.05) is 6.92 Å². The molecule has 0 amide bonds. The quantitative estimate of drug-likeness (QED) is 0.659. The van der Waals surface area contributed by atoms with Crippen LogP contribution in [0.2, 0.25) is 0 Å². The number of hydrogen-bond acceptors (Lipinski definition) is 4. The van der Waals surface area contributed by atoms with Crippen molar-refractivity contribution in [3.8, 4) is 6.07 Å². The fourth-order valence-electron chi connectivity index (χ4n) is 3.00. The summed E-state index contributed by atoms with van der Waals surface area (Å²) in [6.07, 6.45) is 5.78. The predicted octanol–water partition coefficient (Wildman–Crippen LogP) is 2.41. The Hall–Kier alpha value is -0.630. The van der Waals surface area contributed by atoms with Crippen LogP contribution in [-0.4, -0.2) is 50.3 Å². The van der Waals surface area contributed by atoms with E-state index in [4.69, 9.17) is 4.74 Å². The summed E-state index contributed by atoms with van der Waals surface area (Å²) in [5.74, 6) is 0.756. The number of hydrogen-bond donors (Lipinski definition) is 1. The second-order valence-electron chi connectivity index (χ2n) is 6.17. The first-order chi connectivity index (χ1) is 9.63. The molecule has 4 nitrogen and oxygen atoms in total. The lowest BCUT2D eigenvalue weighted by atomic mass is 9.95. The molecule has 116 valence electrons. The van der Waals surface area contributed by atoms with Crippen LogP contribution >= 0.6 is 0 Å². The number of unbranched alkanes of at least 4 members (excludes halogenated alkanes) is 1. The van der Waals surface area contributed by atoms with Crippen molar-refractivity contribution in [3.05, 3.63) is 0 Å². The summed E-state index contributed by atoms with van der Waals surface area (Å²) >= 11 is 0. The van der Waals surface area contributed by atoms with Crippen LogP contribution < -0.4 is 5.32 Å². The van der Waals surface area contributed by atoms with Gasteiger partial charge >= 0.3 is 0 Å². The average Bonchev–Trinajstić information content (AvgIpc) is 2.46. The van der Waals surface area contributed by atoms with Gasteiger partial charge in [-0.25, -0.2) is 0 Å². The van der Waals surface area contributed by atoms with Gasteiger partial charge in [-0.15, -0.1) is 0 Å². The Labute approximate surface area is 124 Å². The van der Waals surface area contributed by atoms with Crippen LogP contribution in [0.3, 0.4) is 0 Å². The van der Waals surface area contributed by atoms with Crippen LogP contribution in [0.15, 0.2) is 0 Å². The zero-order valence-electron chi connectivity index (χ0n) is 13.5. The second-order valence-corrected chi connectivity index (χ2v) is 6.17. The number of piperidine rings is 1. The first-order valence-electron chi connectivity index (χ1n) is 8.01. The highest BCUT2D eigenvalue weighted by Crippen LogP contribution is 2.18. The molecular weight excluding hydrogens is 250 g/mol. The van der Waals surface area contributed by atoms with Gasteiger partial charge in [0.05, 0.1) is 6.07 Å². The van der Waals surface area contributed by atoms with E-state index < -0.39 is 0 Å². The maximum Gasteiger partial charge on any atom is 0.103 e. The Balaban J connectivity index is 2.12. The third-order valence-electron chi connectivity index (χ3n) is 4.32. The molecule has 4 heteroatoms. The van der Waals surface area contributed by atoms with E-state index in [1.165, 1.54) is 38.9 Å². The molecule has 0 radical (unpaired) electrons. The van der Waals surface area contributed by atoms with Gasteiger partial charge in [0.15, 0.2) is 0 Å². The van der Waals surface area contributed by atoms with E-state index in [1.807, 2.05) is 6.92 Å². The molecule has 0 spiro atoms. The van der Waals surface area contributed by atoms with Crippen molar-refractivity contribution in [2.24, 2.45) is 5.92 Å². The Morgan fingerprint density at radius 1 is 1.35 bits per heavy atom. The molecule has 0 bridgehead atoms. The average molecular weight is 281 g/mol. The van der Waals surface area contributed by atoms with Gasteiger partial charge in [0.25, 0.3) is 0 Å². The zero-order chi connectivity index (χ0) is 14.8. The van der Waals surface area contributed by atoms with Crippen molar-refractivity contribution in [1.29, 1.82) is 5.26 Å². The molecule has 0 aliphatic carbocycles. The van der Waals surface area contributed by atoms with Crippen molar-refractivity contribution in [3.63, 3.8) is 0 Å². The standard InChI is InChI=1S/C16H31N3O/c1-4-18-16(2,14-17)9-5-6-10-19-11-7-15(8-12-19)13-20-3/h15,18H,4-13H2,1-3H3. The maximum absolute atomic E-state index is 9.21. The van der Waals surface area contributed by atoms with E-state index >= 15 is 0 Å². The Morgan fingerprint density at radius 3 is 2.60 bits per heavy atom. The molecule has 0 aromatic heterocycles. The third kappa shape index (κ3) is 6.21. The van der Waals surface area contributed by atoms with Crippen LogP contribution in [0.25, 0.3) is 0 Å². The van der Waals surface area contributed by atoms with E-state index in [2.05, 4.69) is 23.2 Å². The molecule has 20 heavy (non-hydrogen) atoms. The van der Waals surface area contributed by atoms with Crippen molar-refractivity contribution >= 4 is 0 Å². The first kappa shape index (κ1) is 17.4. The smallest absolute Gasteiger partial charge is 0.103 e. The largest absolute Gasteiger partial charge is 0.384 e. The molecule has 0 saturated carbocycles. The van der Waals surface area contributed by atoms with Gasteiger partial charge in [0, 0.05) is 13.7 Å². The molecule has 1 aliphatic heterocycles. The third-order valence-corrected chi connectivity index (χ3v) is 4.32. The van der Waals surface area contributed by atoms with E-state index in [1.54, 1.807) is 7.11 Å². The normalized spacial score (nSPS) is 20.5. The van der Waals surface area contributed by atoms with Crippen LogP contribution in [0.5, 0.6) is 0 Å². The summed E-state index contributed by atoms with van der Waals surface area (Å²) in [6.45, 7) is 9.42. The van der Waals surface area contributed by atoms with Gasteiger partial charge in [-0.2, -0.15) is 5.26 Å². The Morgan fingerprint density at radius 2 is 2.05 bits per heavy atom. The summed E-state index contributed by atoms with van der Waals surface area (Å²) in [5, 5.41) is 12.5. The minimum atomic E-state index is -0.347. The van der Waals surface area contributed by atoms with Gasteiger partial charge in [0.2, 0.25) is 0 Å². The summed E-state index contributed by atoms with van der Waals surface area (Å²) in [7, 11) is 1.79. The fourth-order valence-corrected chi connectivity index (χ4v) is 3.00. The number of nitrogens with zero attached hydrogens (tertiary/aromatic N) is 2. The number of likely N-dealkylation sites (tertiary alicyclic amines) is 1. The SMILES string of the molecule is CCNC(C)(C#N)CCCCN1CCC(COC)CC1. The lowest BCUT2D eigenvalue weighted by Crippen LogP contribution is -2.41.